The van der Waals surface area contributed by atoms with Crippen molar-refractivity contribution >= 4 is 23.4 Å². The number of anilines is 1. The van der Waals surface area contributed by atoms with Crippen LogP contribution in [0.15, 0.2) is 12.1 Å². The Bertz CT molecular complexity index is 527. The number of morpholine rings is 1. The van der Waals surface area contributed by atoms with E-state index >= 15 is 0 Å². The highest BCUT2D eigenvalue weighted by Gasteiger charge is 2.38. The standard InChI is InChI=1S/C14H19ClN2O3/c1-13(2)7-17(8-14(3,4)20-13)10-6-5-9(15)11(16-10)12(18)19/h5-6H,7-8H2,1-4H3,(H,18,19). The van der Waals surface area contributed by atoms with Crippen molar-refractivity contribution in [2.75, 3.05) is 18.0 Å². The highest BCUT2D eigenvalue weighted by atomic mass is 35.5. The molecule has 5 nitrogen and oxygen atoms in total. The summed E-state index contributed by atoms with van der Waals surface area (Å²) in [5.74, 6) is -0.514. The molecule has 1 aromatic rings. The Morgan fingerprint density at radius 1 is 1.30 bits per heavy atom. The van der Waals surface area contributed by atoms with E-state index in [1.165, 1.54) is 0 Å². The molecule has 110 valence electrons. The van der Waals surface area contributed by atoms with Crippen LogP contribution in [0.4, 0.5) is 5.82 Å². The molecule has 1 N–H and O–H groups in total. The third-order valence-corrected chi connectivity index (χ3v) is 3.36. The van der Waals surface area contributed by atoms with Gasteiger partial charge in [0, 0.05) is 13.1 Å². The number of aromatic carboxylic acids is 1. The average molecular weight is 299 g/mol. The van der Waals surface area contributed by atoms with E-state index in [9.17, 15) is 4.79 Å². The lowest BCUT2D eigenvalue weighted by molar-refractivity contribution is -0.133. The Kier molecular flexibility index (Phi) is 3.69. The molecule has 0 aromatic carbocycles. The van der Waals surface area contributed by atoms with Gasteiger partial charge in [0.05, 0.1) is 16.2 Å². The second kappa shape index (κ2) is 4.90. The Balaban J connectivity index is 2.36. The van der Waals surface area contributed by atoms with E-state index in [-0.39, 0.29) is 21.9 Å². The van der Waals surface area contributed by atoms with Crippen LogP contribution in [-0.2, 0) is 4.74 Å². The predicted octanol–water partition coefficient (Wildman–Crippen LogP) is 2.83. The van der Waals surface area contributed by atoms with Gasteiger partial charge < -0.3 is 14.7 Å². The van der Waals surface area contributed by atoms with E-state index in [1.807, 2.05) is 32.6 Å². The van der Waals surface area contributed by atoms with Gasteiger partial charge in [-0.1, -0.05) is 11.6 Å². The molecule has 0 aliphatic carbocycles. The lowest BCUT2D eigenvalue weighted by atomic mass is 9.99. The van der Waals surface area contributed by atoms with Crippen LogP contribution in [-0.4, -0.2) is 40.4 Å². The van der Waals surface area contributed by atoms with Crippen molar-refractivity contribution in [1.29, 1.82) is 0 Å². The number of rotatable bonds is 2. The zero-order valence-corrected chi connectivity index (χ0v) is 12.9. The lowest BCUT2D eigenvalue weighted by Gasteiger charge is -2.47. The first-order valence-electron chi connectivity index (χ1n) is 6.45. The van der Waals surface area contributed by atoms with Crippen molar-refractivity contribution in [2.45, 2.75) is 38.9 Å². The summed E-state index contributed by atoms with van der Waals surface area (Å²) < 4.78 is 6.00. The largest absolute Gasteiger partial charge is 0.476 e. The summed E-state index contributed by atoms with van der Waals surface area (Å²) in [5.41, 5.74) is -0.773. The highest BCUT2D eigenvalue weighted by molar-refractivity contribution is 6.33. The zero-order valence-electron chi connectivity index (χ0n) is 12.1. The quantitative estimate of drug-likeness (QED) is 0.909. The summed E-state index contributed by atoms with van der Waals surface area (Å²) in [6.07, 6.45) is 0. The fraction of sp³-hybridized carbons (Fsp3) is 0.571. The second-order valence-electron chi connectivity index (χ2n) is 6.28. The molecule has 0 atom stereocenters. The van der Waals surface area contributed by atoms with Crippen LogP contribution >= 0.6 is 11.6 Å². The lowest BCUT2D eigenvalue weighted by Crippen LogP contribution is -2.57. The number of ether oxygens (including phenoxy) is 1. The minimum absolute atomic E-state index is 0.119. The number of pyridine rings is 1. The number of halogens is 1. The second-order valence-corrected chi connectivity index (χ2v) is 6.69. The molecule has 6 heteroatoms. The molecule has 1 fully saturated rings. The van der Waals surface area contributed by atoms with Crippen molar-refractivity contribution in [3.05, 3.63) is 22.8 Å². The van der Waals surface area contributed by atoms with Crippen LogP contribution in [0.3, 0.4) is 0 Å². The van der Waals surface area contributed by atoms with Crippen LogP contribution in [0.2, 0.25) is 5.02 Å². The van der Waals surface area contributed by atoms with Crippen LogP contribution in [0.25, 0.3) is 0 Å². The van der Waals surface area contributed by atoms with E-state index in [1.54, 1.807) is 12.1 Å². The van der Waals surface area contributed by atoms with Crippen LogP contribution in [0, 0.1) is 0 Å². The number of aromatic nitrogens is 1. The summed E-state index contributed by atoms with van der Waals surface area (Å²) >= 11 is 5.86. The van der Waals surface area contributed by atoms with Gasteiger partial charge in [-0.2, -0.15) is 0 Å². The third-order valence-electron chi connectivity index (χ3n) is 3.05. The molecule has 2 rings (SSSR count). The maximum atomic E-state index is 11.1. The molecule has 0 amide bonds. The van der Waals surface area contributed by atoms with Gasteiger partial charge in [-0.15, -0.1) is 0 Å². The Morgan fingerprint density at radius 3 is 2.35 bits per heavy atom. The van der Waals surface area contributed by atoms with Gasteiger partial charge >= 0.3 is 5.97 Å². The summed E-state index contributed by atoms with van der Waals surface area (Å²) in [6, 6.07) is 3.31. The van der Waals surface area contributed by atoms with Gasteiger partial charge in [-0.3, -0.25) is 0 Å². The number of carboxylic acid groups (broad SMARTS) is 1. The summed E-state index contributed by atoms with van der Waals surface area (Å²) in [4.78, 5) is 17.3. The van der Waals surface area contributed by atoms with Crippen molar-refractivity contribution in [3.8, 4) is 0 Å². The molecule has 20 heavy (non-hydrogen) atoms. The van der Waals surface area contributed by atoms with Gasteiger partial charge in [0.2, 0.25) is 0 Å². The topological polar surface area (TPSA) is 62.7 Å². The van der Waals surface area contributed by atoms with Crippen molar-refractivity contribution in [3.63, 3.8) is 0 Å². The summed E-state index contributed by atoms with van der Waals surface area (Å²) in [6.45, 7) is 9.32. The summed E-state index contributed by atoms with van der Waals surface area (Å²) in [7, 11) is 0. The summed E-state index contributed by atoms with van der Waals surface area (Å²) in [5, 5.41) is 9.25. The highest BCUT2D eigenvalue weighted by Crippen LogP contribution is 2.31. The maximum Gasteiger partial charge on any atom is 0.356 e. The molecule has 0 unspecified atom stereocenters. The Morgan fingerprint density at radius 2 is 1.85 bits per heavy atom. The van der Waals surface area contributed by atoms with Gasteiger partial charge in [-0.25, -0.2) is 9.78 Å². The molecule has 1 aliphatic heterocycles. The molecule has 1 saturated heterocycles. The smallest absolute Gasteiger partial charge is 0.356 e. The van der Waals surface area contributed by atoms with E-state index in [4.69, 9.17) is 21.4 Å². The van der Waals surface area contributed by atoms with Crippen LogP contribution in [0.1, 0.15) is 38.2 Å². The van der Waals surface area contributed by atoms with Gasteiger partial charge in [0.25, 0.3) is 0 Å². The first-order valence-corrected chi connectivity index (χ1v) is 6.82. The Hall–Kier alpha value is -1.33. The van der Waals surface area contributed by atoms with E-state index in [2.05, 4.69) is 4.98 Å². The van der Waals surface area contributed by atoms with E-state index in [0.29, 0.717) is 18.9 Å². The molecule has 1 aliphatic rings. The first-order chi connectivity index (χ1) is 9.10. The van der Waals surface area contributed by atoms with Gasteiger partial charge in [0.1, 0.15) is 5.82 Å². The maximum absolute atomic E-state index is 11.1. The minimum atomic E-state index is -1.12. The molecule has 0 saturated carbocycles. The molecule has 0 spiro atoms. The fourth-order valence-corrected chi connectivity index (χ4v) is 2.89. The van der Waals surface area contributed by atoms with E-state index < -0.39 is 5.97 Å². The Labute approximate surface area is 123 Å². The van der Waals surface area contributed by atoms with Gasteiger partial charge in [-0.05, 0) is 39.8 Å². The number of carbonyl (C=O) groups is 1. The SMILES string of the molecule is CC1(C)CN(c2ccc(Cl)c(C(=O)O)n2)CC(C)(C)O1. The number of carboxylic acids is 1. The minimum Gasteiger partial charge on any atom is -0.476 e. The number of hydrogen-bond donors (Lipinski definition) is 1. The van der Waals surface area contributed by atoms with Crippen LogP contribution < -0.4 is 4.90 Å². The predicted molar refractivity (Wildman–Crippen MR) is 77.7 cm³/mol. The number of nitrogens with zero attached hydrogens (tertiary/aromatic N) is 2. The first kappa shape index (κ1) is 15.1. The normalized spacial score (nSPS) is 20.8. The van der Waals surface area contributed by atoms with Crippen LogP contribution in [0.5, 0.6) is 0 Å². The fourth-order valence-electron chi connectivity index (χ4n) is 2.71. The molecular formula is C14H19ClN2O3. The van der Waals surface area contributed by atoms with Crippen molar-refractivity contribution in [1.82, 2.24) is 4.98 Å². The van der Waals surface area contributed by atoms with Gasteiger partial charge in [0.15, 0.2) is 5.69 Å². The van der Waals surface area contributed by atoms with Crippen molar-refractivity contribution in [2.24, 2.45) is 0 Å². The van der Waals surface area contributed by atoms with E-state index in [0.717, 1.165) is 0 Å². The molecule has 0 bridgehead atoms. The van der Waals surface area contributed by atoms with Crippen molar-refractivity contribution < 1.29 is 14.6 Å². The molecule has 1 aromatic heterocycles. The zero-order chi connectivity index (χ0) is 15.1. The average Bonchev–Trinajstić information content (AvgIpc) is 2.24. The molecule has 2 heterocycles. The molecule has 0 radical (unpaired) electrons. The monoisotopic (exact) mass is 298 g/mol. The molecular weight excluding hydrogens is 280 g/mol. The number of hydrogen-bond acceptors (Lipinski definition) is 4. The third kappa shape index (κ3) is 3.22.